The summed E-state index contributed by atoms with van der Waals surface area (Å²) in [5, 5.41) is 8.68. The Balaban J connectivity index is 1.49. The molecule has 7 heteroatoms. The van der Waals surface area contributed by atoms with E-state index >= 15 is 0 Å². The van der Waals surface area contributed by atoms with Crippen LogP contribution in [0.2, 0.25) is 0 Å². The number of fused-ring (bicyclic) bond motifs is 1. The summed E-state index contributed by atoms with van der Waals surface area (Å²) >= 11 is 0. The van der Waals surface area contributed by atoms with Crippen LogP contribution in [0.5, 0.6) is 5.75 Å². The fourth-order valence-corrected chi connectivity index (χ4v) is 3.93. The van der Waals surface area contributed by atoms with Crippen LogP contribution in [0.1, 0.15) is 26.7 Å². The zero-order valence-electron chi connectivity index (χ0n) is 16.6. The predicted molar refractivity (Wildman–Crippen MR) is 110 cm³/mol. The van der Waals surface area contributed by atoms with Gasteiger partial charge in [0.1, 0.15) is 29.2 Å². The van der Waals surface area contributed by atoms with Gasteiger partial charge in [0.2, 0.25) is 0 Å². The van der Waals surface area contributed by atoms with Crippen molar-refractivity contribution in [2.75, 3.05) is 31.6 Å². The molecule has 7 nitrogen and oxygen atoms in total. The van der Waals surface area contributed by atoms with Crippen LogP contribution in [-0.4, -0.2) is 63.4 Å². The lowest BCUT2D eigenvalue weighted by Crippen LogP contribution is -2.50. The molecule has 2 fully saturated rings. The number of hydrogen-bond acceptors (Lipinski definition) is 6. The summed E-state index contributed by atoms with van der Waals surface area (Å²) in [6.07, 6.45) is 3.87. The van der Waals surface area contributed by atoms with Gasteiger partial charge >= 0.3 is 0 Å². The Morgan fingerprint density at radius 2 is 2.04 bits per heavy atom. The van der Waals surface area contributed by atoms with Gasteiger partial charge in [-0.3, -0.25) is 5.10 Å². The van der Waals surface area contributed by atoms with Crippen molar-refractivity contribution in [2.45, 2.75) is 38.3 Å². The molecule has 28 heavy (non-hydrogen) atoms. The van der Waals surface area contributed by atoms with Crippen LogP contribution in [0.25, 0.3) is 22.3 Å². The Labute approximate surface area is 164 Å². The number of nitrogens with one attached hydrogen (secondary N) is 1. The first-order valence-corrected chi connectivity index (χ1v) is 9.95. The SMILES string of the molecule is CC1CN(C)CCN1c1cc(-c2n[nH]c3ccc(OC4(C)CC4)cc23)ncn1. The van der Waals surface area contributed by atoms with Gasteiger partial charge in [-0.25, -0.2) is 9.97 Å². The fourth-order valence-electron chi connectivity index (χ4n) is 3.93. The first-order valence-electron chi connectivity index (χ1n) is 9.95. The highest BCUT2D eigenvalue weighted by atomic mass is 16.5. The molecular formula is C21H26N6O. The van der Waals surface area contributed by atoms with Crippen molar-refractivity contribution in [3.8, 4) is 17.1 Å². The summed E-state index contributed by atoms with van der Waals surface area (Å²) in [5.41, 5.74) is 2.65. The molecule has 1 unspecified atom stereocenters. The molecule has 146 valence electrons. The minimum Gasteiger partial charge on any atom is -0.488 e. The molecule has 2 aromatic heterocycles. The quantitative estimate of drug-likeness (QED) is 0.752. The normalized spacial score (nSPS) is 21.8. The van der Waals surface area contributed by atoms with Crippen molar-refractivity contribution < 1.29 is 4.74 Å². The largest absolute Gasteiger partial charge is 0.488 e. The number of rotatable bonds is 4. The molecule has 1 atom stereocenters. The lowest BCUT2D eigenvalue weighted by Gasteiger charge is -2.39. The molecule has 2 aliphatic rings. The van der Waals surface area contributed by atoms with E-state index in [1.165, 1.54) is 0 Å². The number of anilines is 1. The van der Waals surface area contributed by atoms with Gasteiger partial charge in [0.15, 0.2) is 0 Å². The summed E-state index contributed by atoms with van der Waals surface area (Å²) in [6, 6.07) is 8.56. The minimum absolute atomic E-state index is 0.00275. The standard InChI is InChI=1S/C21H26N6O/c1-14-12-26(3)8-9-27(14)19-11-18(22-13-23-19)20-16-10-15(28-21(2)6-7-21)4-5-17(16)24-25-20/h4-5,10-11,13-14H,6-9,12H2,1-3H3,(H,24,25). The van der Waals surface area contributed by atoms with E-state index in [0.29, 0.717) is 6.04 Å². The minimum atomic E-state index is -0.00275. The van der Waals surface area contributed by atoms with Gasteiger partial charge in [0.25, 0.3) is 0 Å². The molecule has 1 N–H and O–H groups in total. The van der Waals surface area contributed by atoms with Crippen LogP contribution in [-0.2, 0) is 0 Å². The topological polar surface area (TPSA) is 70.2 Å². The maximum atomic E-state index is 6.14. The molecule has 1 aromatic carbocycles. The third-order valence-corrected chi connectivity index (χ3v) is 5.87. The Morgan fingerprint density at radius 1 is 1.18 bits per heavy atom. The van der Waals surface area contributed by atoms with Crippen molar-refractivity contribution in [3.05, 3.63) is 30.6 Å². The smallest absolute Gasteiger partial charge is 0.132 e. The van der Waals surface area contributed by atoms with Crippen molar-refractivity contribution in [2.24, 2.45) is 0 Å². The van der Waals surface area contributed by atoms with Crippen molar-refractivity contribution in [1.29, 1.82) is 0 Å². The van der Waals surface area contributed by atoms with Gasteiger partial charge in [-0.05, 0) is 51.9 Å². The fraction of sp³-hybridized carbons (Fsp3) is 0.476. The highest BCUT2D eigenvalue weighted by Gasteiger charge is 2.40. The highest BCUT2D eigenvalue weighted by molar-refractivity contribution is 5.93. The third-order valence-electron chi connectivity index (χ3n) is 5.87. The number of hydrogen-bond donors (Lipinski definition) is 1. The van der Waals surface area contributed by atoms with Crippen LogP contribution in [0.15, 0.2) is 30.6 Å². The molecule has 5 rings (SSSR count). The van der Waals surface area contributed by atoms with Crippen molar-refractivity contribution in [1.82, 2.24) is 25.1 Å². The Morgan fingerprint density at radius 3 is 2.82 bits per heavy atom. The molecule has 3 aromatic rings. The average molecular weight is 378 g/mol. The molecule has 1 saturated heterocycles. The lowest BCUT2D eigenvalue weighted by molar-refractivity contribution is 0.200. The summed E-state index contributed by atoms with van der Waals surface area (Å²) in [5.74, 6) is 1.84. The van der Waals surface area contributed by atoms with Crippen LogP contribution in [0.4, 0.5) is 5.82 Å². The van der Waals surface area contributed by atoms with E-state index in [1.807, 2.05) is 18.2 Å². The first-order chi connectivity index (χ1) is 13.5. The van der Waals surface area contributed by atoms with E-state index in [4.69, 9.17) is 4.74 Å². The Kier molecular flexibility index (Phi) is 4.01. The second-order valence-corrected chi connectivity index (χ2v) is 8.40. The third kappa shape index (κ3) is 3.20. The summed E-state index contributed by atoms with van der Waals surface area (Å²) in [7, 11) is 2.16. The second kappa shape index (κ2) is 6.44. The van der Waals surface area contributed by atoms with Gasteiger partial charge in [0.05, 0.1) is 11.2 Å². The van der Waals surface area contributed by atoms with Crippen molar-refractivity contribution in [3.63, 3.8) is 0 Å². The molecule has 1 saturated carbocycles. The Hall–Kier alpha value is -2.67. The number of piperazine rings is 1. The van der Waals surface area contributed by atoms with Gasteiger partial charge in [-0.2, -0.15) is 5.10 Å². The molecular weight excluding hydrogens is 352 g/mol. The highest BCUT2D eigenvalue weighted by Crippen LogP contribution is 2.40. The summed E-state index contributed by atoms with van der Waals surface area (Å²) < 4.78 is 6.14. The van der Waals surface area contributed by atoms with E-state index in [-0.39, 0.29) is 5.60 Å². The molecule has 3 heterocycles. The molecule has 1 aliphatic carbocycles. The number of aromatic nitrogens is 4. The average Bonchev–Trinajstić information content (AvgIpc) is 3.25. The molecule has 0 spiro atoms. The number of H-pyrrole nitrogens is 1. The number of benzene rings is 1. The van der Waals surface area contributed by atoms with E-state index in [2.05, 4.69) is 56.9 Å². The summed E-state index contributed by atoms with van der Waals surface area (Å²) in [4.78, 5) is 13.8. The Bertz CT molecular complexity index is 1010. The van der Waals surface area contributed by atoms with Gasteiger partial charge in [-0.15, -0.1) is 0 Å². The number of aromatic amines is 1. The van der Waals surface area contributed by atoms with Crippen LogP contribution < -0.4 is 9.64 Å². The van der Waals surface area contributed by atoms with Gasteiger partial charge < -0.3 is 14.5 Å². The maximum absolute atomic E-state index is 6.14. The number of ether oxygens (including phenoxy) is 1. The predicted octanol–water partition coefficient (Wildman–Crippen LogP) is 3.09. The second-order valence-electron chi connectivity index (χ2n) is 8.40. The van der Waals surface area contributed by atoms with Gasteiger partial charge in [0, 0.05) is 37.1 Å². The number of likely N-dealkylation sites (N-methyl/N-ethyl adjacent to an activating group) is 1. The molecule has 0 amide bonds. The van der Waals surface area contributed by atoms with Gasteiger partial charge in [-0.1, -0.05) is 0 Å². The zero-order chi connectivity index (χ0) is 19.3. The molecule has 0 bridgehead atoms. The first kappa shape index (κ1) is 17.4. The summed E-state index contributed by atoms with van der Waals surface area (Å²) in [6.45, 7) is 7.43. The maximum Gasteiger partial charge on any atom is 0.132 e. The van der Waals surface area contributed by atoms with E-state index in [1.54, 1.807) is 6.33 Å². The van der Waals surface area contributed by atoms with Crippen molar-refractivity contribution >= 4 is 16.7 Å². The monoisotopic (exact) mass is 378 g/mol. The zero-order valence-corrected chi connectivity index (χ0v) is 16.6. The van der Waals surface area contributed by atoms with E-state index in [0.717, 1.165) is 66.3 Å². The molecule has 0 radical (unpaired) electrons. The molecule has 1 aliphatic heterocycles. The lowest BCUT2D eigenvalue weighted by atomic mass is 10.1. The van der Waals surface area contributed by atoms with E-state index in [9.17, 15) is 0 Å². The number of nitrogens with zero attached hydrogens (tertiary/aromatic N) is 5. The van der Waals surface area contributed by atoms with E-state index < -0.39 is 0 Å². The van der Waals surface area contributed by atoms with Crippen LogP contribution in [0, 0.1) is 0 Å². The van der Waals surface area contributed by atoms with Crippen LogP contribution >= 0.6 is 0 Å². The van der Waals surface area contributed by atoms with Crippen LogP contribution in [0.3, 0.4) is 0 Å².